The van der Waals surface area contributed by atoms with Gasteiger partial charge in [-0.2, -0.15) is 0 Å². The lowest BCUT2D eigenvalue weighted by molar-refractivity contribution is 0.0999. The van der Waals surface area contributed by atoms with Crippen LogP contribution in [0.15, 0.2) is 59.6 Å². The van der Waals surface area contributed by atoms with Crippen LogP contribution in [0, 0.1) is 17.5 Å². The number of halogens is 4. The van der Waals surface area contributed by atoms with E-state index in [0.29, 0.717) is 9.92 Å². The molecule has 0 aliphatic carbocycles. The summed E-state index contributed by atoms with van der Waals surface area (Å²) in [7, 11) is 0. The van der Waals surface area contributed by atoms with Crippen LogP contribution in [0.4, 0.5) is 13.2 Å². The summed E-state index contributed by atoms with van der Waals surface area (Å²) in [5.41, 5.74) is 4.79. The van der Waals surface area contributed by atoms with E-state index in [1.54, 1.807) is 24.3 Å². The maximum Gasteiger partial charge on any atom is 0.250 e. The van der Waals surface area contributed by atoms with Gasteiger partial charge in [0.05, 0.1) is 16.5 Å². The number of thioether (sulfide) groups is 1. The highest BCUT2D eigenvalue weighted by atomic mass is 35.5. The van der Waals surface area contributed by atoms with Crippen LogP contribution in [0.5, 0.6) is 0 Å². The Morgan fingerprint density at radius 2 is 1.74 bits per heavy atom. The molecule has 0 aliphatic rings. The van der Waals surface area contributed by atoms with Gasteiger partial charge in [0.25, 0.3) is 0 Å². The minimum absolute atomic E-state index is 0.0758. The molecule has 1 amide bonds. The molecular formula is C19H12ClF3N2OS. The molecule has 0 radical (unpaired) electrons. The molecule has 1 aromatic heterocycles. The first-order valence-corrected chi connectivity index (χ1v) is 8.93. The van der Waals surface area contributed by atoms with Crippen LogP contribution in [-0.2, 0) is 0 Å². The molecule has 27 heavy (non-hydrogen) atoms. The molecule has 0 saturated heterocycles. The number of carbonyl (C=O) groups is 1. The van der Waals surface area contributed by atoms with Crippen molar-refractivity contribution in [2.75, 3.05) is 0 Å². The molecular weight excluding hydrogens is 397 g/mol. The van der Waals surface area contributed by atoms with Gasteiger partial charge in [0.1, 0.15) is 17.5 Å². The highest BCUT2D eigenvalue weighted by molar-refractivity contribution is 7.99. The number of rotatable bonds is 5. The Morgan fingerprint density at radius 3 is 2.37 bits per heavy atom. The highest BCUT2D eigenvalue weighted by Crippen LogP contribution is 2.42. The van der Waals surface area contributed by atoms with Crippen LogP contribution in [0.2, 0.25) is 5.02 Å². The molecule has 0 saturated carbocycles. The van der Waals surface area contributed by atoms with Crippen LogP contribution >= 0.6 is 23.4 Å². The molecule has 1 unspecified atom stereocenters. The summed E-state index contributed by atoms with van der Waals surface area (Å²) in [4.78, 5) is 15.8. The van der Waals surface area contributed by atoms with Crippen molar-refractivity contribution in [1.29, 1.82) is 0 Å². The average molecular weight is 409 g/mol. The summed E-state index contributed by atoms with van der Waals surface area (Å²) in [6, 6.07) is 10.5. The van der Waals surface area contributed by atoms with Crippen molar-refractivity contribution in [3.8, 4) is 0 Å². The molecule has 0 spiro atoms. The van der Waals surface area contributed by atoms with Crippen molar-refractivity contribution in [2.45, 2.75) is 10.1 Å². The number of nitrogens with two attached hydrogens (primary N) is 1. The smallest absolute Gasteiger partial charge is 0.250 e. The number of benzene rings is 2. The van der Waals surface area contributed by atoms with E-state index in [1.165, 1.54) is 0 Å². The zero-order valence-electron chi connectivity index (χ0n) is 13.6. The SMILES string of the molecule is NC(=O)c1cnc(C(Sc2ccc(Cl)cc2)c2cc(F)ccc2F)c(F)c1. The standard InChI is InChI=1S/C19H12ClF3N2OS/c20-11-1-4-13(5-2-11)27-18(14-8-12(21)3-6-15(14)22)17-16(23)7-10(9-25-17)19(24)26/h1-9,18H,(H2,24,26). The number of primary amides is 1. The number of pyridine rings is 1. The lowest BCUT2D eigenvalue weighted by Gasteiger charge is -2.18. The minimum Gasteiger partial charge on any atom is -0.366 e. The molecule has 3 rings (SSSR count). The first-order chi connectivity index (χ1) is 12.8. The fraction of sp³-hybridized carbons (Fsp3) is 0.0526. The molecule has 0 bridgehead atoms. The summed E-state index contributed by atoms with van der Waals surface area (Å²) < 4.78 is 42.7. The molecule has 3 nitrogen and oxygen atoms in total. The van der Waals surface area contributed by atoms with Gasteiger partial charge >= 0.3 is 0 Å². The Kier molecular flexibility index (Phi) is 5.72. The van der Waals surface area contributed by atoms with Crippen molar-refractivity contribution >= 4 is 29.3 Å². The zero-order chi connectivity index (χ0) is 19.6. The van der Waals surface area contributed by atoms with Crippen LogP contribution in [-0.4, -0.2) is 10.9 Å². The number of carbonyl (C=O) groups excluding carboxylic acids is 1. The number of hydrogen-bond donors (Lipinski definition) is 1. The second kappa shape index (κ2) is 8.02. The summed E-state index contributed by atoms with van der Waals surface area (Å²) in [6.45, 7) is 0. The number of aromatic nitrogens is 1. The molecule has 2 aromatic carbocycles. The average Bonchev–Trinajstić information content (AvgIpc) is 2.63. The first kappa shape index (κ1) is 19.3. The molecule has 1 atom stereocenters. The van der Waals surface area contributed by atoms with E-state index in [2.05, 4.69) is 4.98 Å². The summed E-state index contributed by atoms with van der Waals surface area (Å²) in [5.74, 6) is -3.06. The Labute approximate surface area is 162 Å². The van der Waals surface area contributed by atoms with Gasteiger partial charge in [-0.15, -0.1) is 11.8 Å². The van der Waals surface area contributed by atoms with E-state index >= 15 is 0 Å². The van der Waals surface area contributed by atoms with E-state index in [-0.39, 0.29) is 16.8 Å². The third-order valence-corrected chi connectivity index (χ3v) is 5.22. The Hall–Kier alpha value is -2.51. The van der Waals surface area contributed by atoms with Crippen molar-refractivity contribution < 1.29 is 18.0 Å². The summed E-state index contributed by atoms with van der Waals surface area (Å²) in [6.07, 6.45) is 1.10. The Balaban J connectivity index is 2.11. The first-order valence-electron chi connectivity index (χ1n) is 7.67. The van der Waals surface area contributed by atoms with E-state index in [9.17, 15) is 18.0 Å². The quantitative estimate of drug-likeness (QED) is 0.595. The third-order valence-electron chi connectivity index (χ3n) is 3.71. The van der Waals surface area contributed by atoms with E-state index in [0.717, 1.165) is 42.2 Å². The molecule has 1 heterocycles. The van der Waals surface area contributed by atoms with Crippen LogP contribution < -0.4 is 5.73 Å². The molecule has 3 aromatic rings. The van der Waals surface area contributed by atoms with Crippen LogP contribution in [0.3, 0.4) is 0 Å². The summed E-state index contributed by atoms with van der Waals surface area (Å²) in [5, 5.41) is -0.494. The van der Waals surface area contributed by atoms with Gasteiger partial charge < -0.3 is 5.73 Å². The fourth-order valence-electron chi connectivity index (χ4n) is 2.41. The van der Waals surface area contributed by atoms with E-state index in [1.807, 2.05) is 0 Å². The van der Waals surface area contributed by atoms with E-state index in [4.69, 9.17) is 17.3 Å². The van der Waals surface area contributed by atoms with Gasteiger partial charge in [-0.25, -0.2) is 13.2 Å². The van der Waals surface area contributed by atoms with Gasteiger partial charge in [0.2, 0.25) is 5.91 Å². The molecule has 138 valence electrons. The minimum atomic E-state index is -0.996. The lowest BCUT2D eigenvalue weighted by Crippen LogP contribution is -2.14. The van der Waals surface area contributed by atoms with Crippen molar-refractivity contribution in [2.24, 2.45) is 5.73 Å². The fourth-order valence-corrected chi connectivity index (χ4v) is 3.69. The number of amides is 1. The molecule has 2 N–H and O–H groups in total. The van der Waals surface area contributed by atoms with Crippen LogP contribution in [0.1, 0.15) is 26.9 Å². The Bertz CT molecular complexity index is 999. The van der Waals surface area contributed by atoms with Crippen molar-refractivity contribution in [1.82, 2.24) is 4.98 Å². The monoisotopic (exact) mass is 408 g/mol. The van der Waals surface area contributed by atoms with Gasteiger partial charge in [-0.1, -0.05) is 11.6 Å². The molecule has 0 fully saturated rings. The van der Waals surface area contributed by atoms with Gasteiger partial charge in [0.15, 0.2) is 0 Å². The van der Waals surface area contributed by atoms with Gasteiger partial charge in [0, 0.05) is 21.7 Å². The predicted octanol–water partition coefficient (Wildman–Crippen LogP) is 5.13. The lowest BCUT2D eigenvalue weighted by atomic mass is 10.1. The number of hydrogen-bond acceptors (Lipinski definition) is 3. The van der Waals surface area contributed by atoms with Crippen LogP contribution in [0.25, 0.3) is 0 Å². The third kappa shape index (κ3) is 4.43. The van der Waals surface area contributed by atoms with Crippen molar-refractivity contribution in [3.63, 3.8) is 0 Å². The second-order valence-corrected chi connectivity index (χ2v) is 7.19. The van der Waals surface area contributed by atoms with Gasteiger partial charge in [-0.3, -0.25) is 9.78 Å². The van der Waals surface area contributed by atoms with Gasteiger partial charge in [-0.05, 0) is 48.5 Å². The maximum atomic E-state index is 14.6. The molecule has 0 aliphatic heterocycles. The normalized spacial score (nSPS) is 12.0. The summed E-state index contributed by atoms with van der Waals surface area (Å²) >= 11 is 6.94. The molecule has 8 heteroatoms. The number of nitrogens with zero attached hydrogens (tertiary/aromatic N) is 1. The Morgan fingerprint density at radius 1 is 1.04 bits per heavy atom. The largest absolute Gasteiger partial charge is 0.366 e. The topological polar surface area (TPSA) is 56.0 Å². The van der Waals surface area contributed by atoms with Crippen molar-refractivity contribution in [3.05, 3.63) is 94.0 Å². The highest BCUT2D eigenvalue weighted by Gasteiger charge is 2.25. The maximum absolute atomic E-state index is 14.6. The predicted molar refractivity (Wildman–Crippen MR) is 98.2 cm³/mol. The van der Waals surface area contributed by atoms with E-state index < -0.39 is 28.6 Å². The zero-order valence-corrected chi connectivity index (χ0v) is 15.2. The second-order valence-electron chi connectivity index (χ2n) is 5.57.